The Morgan fingerprint density at radius 2 is 1.75 bits per heavy atom. The summed E-state index contributed by atoms with van der Waals surface area (Å²) in [7, 11) is -3.58. The predicted molar refractivity (Wildman–Crippen MR) is 75.8 cm³/mol. The second kappa shape index (κ2) is 6.83. The average molecular weight is 300 g/mol. The van der Waals surface area contributed by atoms with Crippen molar-refractivity contribution in [3.63, 3.8) is 0 Å². The Morgan fingerprint density at radius 3 is 2.25 bits per heavy atom. The van der Waals surface area contributed by atoms with E-state index in [4.69, 9.17) is 16.6 Å². The zero-order valence-electron chi connectivity index (χ0n) is 11.3. The number of aryl methyl sites for hydroxylation is 1. The van der Waals surface area contributed by atoms with Gasteiger partial charge < -0.3 is 16.6 Å². The second-order valence-electron chi connectivity index (χ2n) is 4.77. The largest absolute Gasteiger partial charge is 0.480 e. The maximum Gasteiger partial charge on any atom is 0.320 e. The maximum absolute atomic E-state index is 12.2. The van der Waals surface area contributed by atoms with Crippen LogP contribution in [0.15, 0.2) is 29.2 Å². The molecule has 112 valence electrons. The van der Waals surface area contributed by atoms with E-state index in [1.165, 1.54) is 12.1 Å². The normalized spacial score (nSPS) is 14.8. The molecule has 0 saturated carbocycles. The number of hydrogen-bond acceptors (Lipinski definition) is 5. The zero-order valence-corrected chi connectivity index (χ0v) is 12.1. The van der Waals surface area contributed by atoms with Gasteiger partial charge in [0.2, 0.25) is 0 Å². The minimum atomic E-state index is -3.58. The highest BCUT2D eigenvalue weighted by molar-refractivity contribution is 7.92. The van der Waals surface area contributed by atoms with Crippen LogP contribution in [-0.4, -0.2) is 30.9 Å². The lowest BCUT2D eigenvalue weighted by atomic mass is 10.1. The summed E-state index contributed by atoms with van der Waals surface area (Å²) in [4.78, 5) is 10.7. The van der Waals surface area contributed by atoms with Crippen LogP contribution in [-0.2, 0) is 14.6 Å². The first-order valence-electron chi connectivity index (χ1n) is 6.29. The van der Waals surface area contributed by atoms with E-state index >= 15 is 0 Å². The first-order valence-corrected chi connectivity index (χ1v) is 7.84. The fraction of sp³-hybridized carbons (Fsp3) is 0.462. The molecule has 2 unspecified atom stereocenters. The van der Waals surface area contributed by atoms with Crippen LogP contribution in [0, 0.1) is 6.92 Å². The molecule has 1 aromatic rings. The Kier molecular flexibility index (Phi) is 5.67. The number of carboxylic acids is 1. The molecule has 7 heteroatoms. The fourth-order valence-electron chi connectivity index (χ4n) is 1.72. The molecule has 6 nitrogen and oxygen atoms in total. The number of hydrogen-bond donors (Lipinski definition) is 3. The second-order valence-corrected chi connectivity index (χ2v) is 6.94. The lowest BCUT2D eigenvalue weighted by Gasteiger charge is -2.14. The van der Waals surface area contributed by atoms with Crippen LogP contribution in [0.4, 0.5) is 0 Å². The minimum Gasteiger partial charge on any atom is -0.480 e. The summed E-state index contributed by atoms with van der Waals surface area (Å²) in [6, 6.07) is 5.48. The number of aliphatic carboxylic acids is 1. The number of nitrogens with two attached hydrogens (primary N) is 2. The molecule has 0 aliphatic carbocycles. The van der Waals surface area contributed by atoms with Crippen LogP contribution < -0.4 is 11.5 Å². The van der Waals surface area contributed by atoms with Crippen molar-refractivity contribution in [2.75, 3.05) is 0 Å². The lowest BCUT2D eigenvalue weighted by molar-refractivity contribution is -0.138. The smallest absolute Gasteiger partial charge is 0.320 e. The van der Waals surface area contributed by atoms with Gasteiger partial charge in [-0.1, -0.05) is 17.7 Å². The van der Waals surface area contributed by atoms with Gasteiger partial charge >= 0.3 is 5.97 Å². The van der Waals surface area contributed by atoms with Gasteiger partial charge in [-0.2, -0.15) is 0 Å². The summed E-state index contributed by atoms with van der Waals surface area (Å²) in [6.45, 7) is 1.86. The molecule has 0 spiro atoms. The van der Waals surface area contributed by atoms with Crippen LogP contribution >= 0.6 is 0 Å². The van der Waals surface area contributed by atoms with Crippen LogP contribution in [0.25, 0.3) is 0 Å². The Balaban J connectivity index is 2.64. The van der Waals surface area contributed by atoms with Crippen molar-refractivity contribution >= 4 is 15.8 Å². The summed E-state index contributed by atoms with van der Waals surface area (Å²) in [5.74, 6) is -1.10. The van der Waals surface area contributed by atoms with E-state index in [0.29, 0.717) is 6.42 Å². The molecule has 2 atom stereocenters. The van der Waals surface area contributed by atoms with Crippen LogP contribution in [0.3, 0.4) is 0 Å². The van der Waals surface area contributed by atoms with Crippen molar-refractivity contribution in [3.8, 4) is 0 Å². The van der Waals surface area contributed by atoms with Crippen molar-refractivity contribution in [3.05, 3.63) is 29.8 Å². The van der Waals surface area contributed by atoms with Crippen molar-refractivity contribution in [1.29, 1.82) is 0 Å². The molecule has 0 aliphatic heterocycles. The number of carboxylic acid groups (broad SMARTS) is 1. The molecule has 20 heavy (non-hydrogen) atoms. The molecule has 0 aliphatic rings. The van der Waals surface area contributed by atoms with Crippen molar-refractivity contribution in [2.45, 2.75) is 42.5 Å². The molecule has 1 rings (SSSR count). The molecular formula is C13H20N2O4S. The van der Waals surface area contributed by atoms with Gasteiger partial charge in [0.25, 0.3) is 0 Å². The van der Waals surface area contributed by atoms with Gasteiger partial charge in [-0.15, -0.1) is 0 Å². The zero-order chi connectivity index (χ0) is 15.3. The van der Waals surface area contributed by atoms with Crippen molar-refractivity contribution in [1.82, 2.24) is 0 Å². The Labute approximate surface area is 118 Å². The van der Waals surface area contributed by atoms with E-state index in [-0.39, 0.29) is 17.7 Å². The Hall–Kier alpha value is -1.44. The van der Waals surface area contributed by atoms with E-state index in [9.17, 15) is 13.2 Å². The number of carbonyl (C=O) groups is 1. The first-order chi connectivity index (χ1) is 9.25. The highest BCUT2D eigenvalue weighted by Crippen LogP contribution is 2.17. The highest BCUT2D eigenvalue weighted by Gasteiger charge is 2.24. The topological polar surface area (TPSA) is 123 Å². The first kappa shape index (κ1) is 16.6. The number of benzene rings is 1. The summed E-state index contributed by atoms with van der Waals surface area (Å²) in [5, 5.41) is 7.59. The quantitative estimate of drug-likeness (QED) is 0.678. The summed E-state index contributed by atoms with van der Waals surface area (Å²) < 4.78 is 24.4. The standard InChI is InChI=1S/C13H20N2O4S/c1-9-5-7-10(8-6-9)20(18,19)12(15)4-2-3-11(14)13(16)17/h5-8,11-12H,2-4,14-15H2,1H3,(H,16,17). The van der Waals surface area contributed by atoms with Gasteiger partial charge in [0.05, 0.1) is 4.90 Å². The van der Waals surface area contributed by atoms with Gasteiger partial charge in [-0.25, -0.2) is 8.42 Å². The molecule has 0 radical (unpaired) electrons. The van der Waals surface area contributed by atoms with E-state index in [2.05, 4.69) is 0 Å². The van der Waals surface area contributed by atoms with Crippen LogP contribution in [0.5, 0.6) is 0 Å². The van der Waals surface area contributed by atoms with E-state index < -0.39 is 27.2 Å². The van der Waals surface area contributed by atoms with Gasteiger partial charge in [-0.05, 0) is 38.3 Å². The maximum atomic E-state index is 12.2. The molecule has 0 saturated heterocycles. The van der Waals surface area contributed by atoms with Gasteiger partial charge in [0.1, 0.15) is 11.4 Å². The summed E-state index contributed by atoms with van der Waals surface area (Å²) in [6.07, 6.45) is 0.726. The third-order valence-corrected chi connectivity index (χ3v) is 5.03. The monoisotopic (exact) mass is 300 g/mol. The predicted octanol–water partition coefficient (Wildman–Crippen LogP) is 0.636. The van der Waals surface area contributed by atoms with E-state index in [0.717, 1.165) is 5.56 Å². The summed E-state index contributed by atoms with van der Waals surface area (Å²) in [5.41, 5.74) is 12.0. The van der Waals surface area contributed by atoms with Gasteiger partial charge in [0.15, 0.2) is 9.84 Å². The molecule has 0 fully saturated rings. The molecular weight excluding hydrogens is 280 g/mol. The summed E-state index contributed by atoms with van der Waals surface area (Å²) >= 11 is 0. The molecule has 0 amide bonds. The molecule has 5 N–H and O–H groups in total. The SMILES string of the molecule is Cc1ccc(S(=O)(=O)C(N)CCCC(N)C(=O)O)cc1. The average Bonchev–Trinajstić information content (AvgIpc) is 2.38. The van der Waals surface area contributed by atoms with Crippen molar-refractivity contribution < 1.29 is 18.3 Å². The van der Waals surface area contributed by atoms with Gasteiger partial charge in [0, 0.05) is 0 Å². The molecule has 1 aromatic carbocycles. The number of rotatable bonds is 7. The Bertz CT molecular complexity index is 554. The van der Waals surface area contributed by atoms with E-state index in [1.54, 1.807) is 12.1 Å². The third-order valence-electron chi connectivity index (χ3n) is 3.07. The minimum absolute atomic E-state index is 0.178. The van der Waals surface area contributed by atoms with Crippen LogP contribution in [0.2, 0.25) is 0 Å². The number of sulfone groups is 1. The van der Waals surface area contributed by atoms with Crippen LogP contribution in [0.1, 0.15) is 24.8 Å². The molecule has 0 bridgehead atoms. The molecule has 0 aromatic heterocycles. The lowest BCUT2D eigenvalue weighted by Crippen LogP contribution is -2.33. The molecule has 0 heterocycles. The fourth-order valence-corrected chi connectivity index (χ4v) is 3.06. The van der Waals surface area contributed by atoms with Crippen molar-refractivity contribution in [2.24, 2.45) is 11.5 Å². The van der Waals surface area contributed by atoms with E-state index in [1.807, 2.05) is 6.92 Å². The highest BCUT2D eigenvalue weighted by atomic mass is 32.2. The Morgan fingerprint density at radius 1 is 1.20 bits per heavy atom. The third kappa shape index (κ3) is 4.29. The van der Waals surface area contributed by atoms with Gasteiger partial charge in [-0.3, -0.25) is 4.79 Å².